The molecule has 2 fully saturated rings. The van der Waals surface area contributed by atoms with E-state index in [2.05, 4.69) is 5.32 Å². The van der Waals surface area contributed by atoms with Crippen LogP contribution >= 0.6 is 0 Å². The van der Waals surface area contributed by atoms with Crippen molar-refractivity contribution in [3.63, 3.8) is 0 Å². The van der Waals surface area contributed by atoms with Gasteiger partial charge < -0.3 is 10.1 Å². The molecule has 3 nitrogen and oxygen atoms in total. The molecule has 3 rings (SSSR count). The second-order valence-corrected chi connectivity index (χ2v) is 8.39. The smallest absolute Gasteiger partial charge is 0.129 e. The number of hydrogen-bond donors (Lipinski definition) is 1. The average Bonchev–Trinajstić information content (AvgIpc) is 3.36. The molecule has 1 aliphatic heterocycles. The van der Waals surface area contributed by atoms with E-state index in [1.54, 1.807) is 12.1 Å². The summed E-state index contributed by atoms with van der Waals surface area (Å²) in [5.74, 6) is 2.53. The minimum Gasteiger partial charge on any atom is -0.376 e. The predicted octanol–water partition coefficient (Wildman–Crippen LogP) is 3.11. The Balaban J connectivity index is 1.43. The van der Waals surface area contributed by atoms with Crippen LogP contribution in [0, 0.1) is 23.6 Å². The van der Waals surface area contributed by atoms with Crippen LogP contribution in [-0.2, 0) is 22.1 Å². The lowest BCUT2D eigenvalue weighted by Crippen LogP contribution is -2.29. The maximum atomic E-state index is 14.0. The Morgan fingerprint density at radius 3 is 2.83 bits per heavy atom. The van der Waals surface area contributed by atoms with E-state index in [0.29, 0.717) is 28.7 Å². The van der Waals surface area contributed by atoms with Crippen LogP contribution in [0.1, 0.15) is 31.7 Å². The van der Waals surface area contributed by atoms with E-state index in [9.17, 15) is 8.60 Å². The van der Waals surface area contributed by atoms with Gasteiger partial charge in [0.25, 0.3) is 0 Å². The zero-order valence-electron chi connectivity index (χ0n) is 13.7. The fraction of sp³-hybridized carbons (Fsp3) is 0.667. The summed E-state index contributed by atoms with van der Waals surface area (Å²) in [6, 6.07) is 4.83. The van der Waals surface area contributed by atoms with E-state index in [-0.39, 0.29) is 5.82 Å². The predicted molar refractivity (Wildman–Crippen MR) is 90.2 cm³/mol. The Hall–Kier alpha value is -0.780. The van der Waals surface area contributed by atoms with E-state index < -0.39 is 10.8 Å². The molecular formula is C18H26FNO2S. The first-order valence-corrected chi connectivity index (χ1v) is 9.96. The Labute approximate surface area is 140 Å². The number of hydrogen-bond acceptors (Lipinski definition) is 3. The topological polar surface area (TPSA) is 38.3 Å². The second-order valence-electron chi connectivity index (χ2n) is 6.65. The first-order chi connectivity index (χ1) is 11.2. The van der Waals surface area contributed by atoms with Gasteiger partial charge >= 0.3 is 0 Å². The standard InChI is InChI=1S/C18H26FNO2S/c1-2-23(21)16-4-3-14(18(19)10-16)11-22-12-15-9-17(15)13-5-7-20-8-6-13/h3-4,10,13,15,17,20H,2,5-9,11-12H2,1H3. The molecular weight excluding hydrogens is 313 g/mol. The molecule has 128 valence electrons. The van der Waals surface area contributed by atoms with Gasteiger partial charge in [0.1, 0.15) is 5.82 Å². The van der Waals surface area contributed by atoms with Crippen LogP contribution in [0.3, 0.4) is 0 Å². The monoisotopic (exact) mass is 339 g/mol. The van der Waals surface area contributed by atoms with Gasteiger partial charge in [0.2, 0.25) is 0 Å². The molecule has 0 radical (unpaired) electrons. The van der Waals surface area contributed by atoms with E-state index in [0.717, 1.165) is 31.5 Å². The number of halogens is 1. The summed E-state index contributed by atoms with van der Waals surface area (Å²) < 4.78 is 31.5. The fourth-order valence-electron chi connectivity index (χ4n) is 3.59. The minimum atomic E-state index is -1.11. The molecule has 1 saturated heterocycles. The van der Waals surface area contributed by atoms with Crippen molar-refractivity contribution in [2.75, 3.05) is 25.4 Å². The Morgan fingerprint density at radius 1 is 1.35 bits per heavy atom. The van der Waals surface area contributed by atoms with E-state index in [1.165, 1.54) is 25.3 Å². The molecule has 1 aromatic carbocycles. The quantitative estimate of drug-likeness (QED) is 0.829. The molecule has 0 amide bonds. The van der Waals surface area contributed by atoms with Crippen molar-refractivity contribution in [1.82, 2.24) is 5.32 Å². The van der Waals surface area contributed by atoms with Gasteiger partial charge in [-0.25, -0.2) is 4.39 Å². The second kappa shape index (κ2) is 7.86. The van der Waals surface area contributed by atoms with Crippen LogP contribution in [0.2, 0.25) is 0 Å². The molecule has 23 heavy (non-hydrogen) atoms. The molecule has 3 unspecified atom stereocenters. The van der Waals surface area contributed by atoms with Gasteiger partial charge in [0.15, 0.2) is 0 Å². The van der Waals surface area contributed by atoms with Crippen LogP contribution in [0.15, 0.2) is 23.1 Å². The van der Waals surface area contributed by atoms with E-state index >= 15 is 0 Å². The molecule has 1 saturated carbocycles. The third-order valence-corrected chi connectivity index (χ3v) is 6.41. The maximum absolute atomic E-state index is 14.0. The van der Waals surface area contributed by atoms with E-state index in [4.69, 9.17) is 4.74 Å². The molecule has 1 N–H and O–H groups in total. The molecule has 1 aliphatic carbocycles. The van der Waals surface area contributed by atoms with Gasteiger partial charge in [-0.2, -0.15) is 0 Å². The highest BCUT2D eigenvalue weighted by Gasteiger charge is 2.42. The van der Waals surface area contributed by atoms with Crippen LogP contribution in [0.25, 0.3) is 0 Å². The molecule has 1 heterocycles. The largest absolute Gasteiger partial charge is 0.376 e. The summed E-state index contributed by atoms with van der Waals surface area (Å²) in [5, 5.41) is 3.41. The third-order valence-electron chi connectivity index (χ3n) is 5.11. The van der Waals surface area contributed by atoms with Crippen molar-refractivity contribution < 1.29 is 13.3 Å². The summed E-state index contributed by atoms with van der Waals surface area (Å²) in [4.78, 5) is 0.557. The number of rotatable bonds is 7. The summed E-state index contributed by atoms with van der Waals surface area (Å²) in [5.41, 5.74) is 0.556. The lowest BCUT2D eigenvalue weighted by Gasteiger charge is -2.22. The maximum Gasteiger partial charge on any atom is 0.129 e. The number of ether oxygens (including phenoxy) is 1. The highest BCUT2D eigenvalue weighted by Crippen LogP contribution is 2.47. The first kappa shape index (κ1) is 17.1. The summed E-state index contributed by atoms with van der Waals surface area (Å²) in [6.45, 7) is 5.16. The van der Waals surface area contributed by atoms with Crippen LogP contribution in [0.4, 0.5) is 4.39 Å². The van der Waals surface area contributed by atoms with Crippen molar-refractivity contribution >= 4 is 10.8 Å². The van der Waals surface area contributed by atoms with Crippen molar-refractivity contribution in [2.45, 2.75) is 37.7 Å². The lowest BCUT2D eigenvalue weighted by molar-refractivity contribution is 0.102. The molecule has 1 aromatic rings. The SMILES string of the molecule is CCS(=O)c1ccc(COCC2CC2C2CCNCC2)c(F)c1. The molecule has 5 heteroatoms. The fourth-order valence-corrected chi connectivity index (χ4v) is 4.37. The van der Waals surface area contributed by atoms with Crippen molar-refractivity contribution in [3.05, 3.63) is 29.6 Å². The van der Waals surface area contributed by atoms with Gasteiger partial charge in [-0.05, 0) is 62.2 Å². The van der Waals surface area contributed by atoms with Crippen molar-refractivity contribution in [3.8, 4) is 0 Å². The van der Waals surface area contributed by atoms with Crippen LogP contribution in [-0.4, -0.2) is 29.7 Å². The summed E-state index contributed by atoms with van der Waals surface area (Å²) in [7, 11) is -1.11. The van der Waals surface area contributed by atoms with Gasteiger partial charge in [-0.1, -0.05) is 13.0 Å². The molecule has 0 bridgehead atoms. The molecule has 3 atom stereocenters. The third kappa shape index (κ3) is 4.40. The lowest BCUT2D eigenvalue weighted by atomic mass is 9.92. The van der Waals surface area contributed by atoms with Crippen molar-refractivity contribution in [1.29, 1.82) is 0 Å². The van der Waals surface area contributed by atoms with Gasteiger partial charge in [0.05, 0.1) is 24.0 Å². The minimum absolute atomic E-state index is 0.306. The van der Waals surface area contributed by atoms with Gasteiger partial charge in [-0.3, -0.25) is 4.21 Å². The van der Waals surface area contributed by atoms with Gasteiger partial charge in [0, 0.05) is 16.2 Å². The Bertz CT molecular complexity index is 560. The first-order valence-electron chi connectivity index (χ1n) is 8.64. The zero-order chi connectivity index (χ0) is 16.2. The highest BCUT2D eigenvalue weighted by atomic mass is 32.2. The average molecular weight is 339 g/mol. The van der Waals surface area contributed by atoms with Crippen LogP contribution < -0.4 is 5.32 Å². The number of piperidine rings is 1. The van der Waals surface area contributed by atoms with E-state index in [1.807, 2.05) is 6.92 Å². The summed E-state index contributed by atoms with van der Waals surface area (Å²) in [6.07, 6.45) is 3.83. The number of nitrogens with one attached hydrogen (secondary N) is 1. The number of benzene rings is 1. The van der Waals surface area contributed by atoms with Crippen LogP contribution in [0.5, 0.6) is 0 Å². The molecule has 2 aliphatic rings. The Morgan fingerprint density at radius 2 is 2.13 bits per heavy atom. The van der Waals surface area contributed by atoms with Crippen molar-refractivity contribution in [2.24, 2.45) is 17.8 Å². The zero-order valence-corrected chi connectivity index (χ0v) is 14.5. The molecule has 0 aromatic heterocycles. The normalized spacial score (nSPS) is 26.2. The van der Waals surface area contributed by atoms with Gasteiger partial charge in [-0.15, -0.1) is 0 Å². The molecule has 0 spiro atoms. The summed E-state index contributed by atoms with van der Waals surface area (Å²) >= 11 is 0. The Kier molecular flexibility index (Phi) is 5.83. The highest BCUT2D eigenvalue weighted by molar-refractivity contribution is 7.85.